The van der Waals surface area contributed by atoms with Crippen molar-refractivity contribution in [3.05, 3.63) is 70.9 Å². The zero-order chi connectivity index (χ0) is 14.6. The van der Waals surface area contributed by atoms with Gasteiger partial charge in [0, 0.05) is 28.7 Å². The quantitative estimate of drug-likeness (QED) is 0.418. The Labute approximate surface area is 146 Å². The van der Waals surface area contributed by atoms with E-state index >= 15 is 0 Å². The average molecular weight is 436 g/mol. The zero-order valence-corrected chi connectivity index (χ0v) is 15.1. The normalized spacial score (nSPS) is 11.1. The molecule has 110 valence electrons. The van der Waals surface area contributed by atoms with Crippen LogP contribution in [-0.4, -0.2) is 32.1 Å². The molecule has 0 atom stereocenters. The molecule has 0 fully saturated rings. The van der Waals surface area contributed by atoms with Crippen molar-refractivity contribution in [3.8, 4) is 0 Å². The van der Waals surface area contributed by atoms with E-state index in [4.69, 9.17) is 15.8 Å². The van der Waals surface area contributed by atoms with Crippen molar-refractivity contribution in [2.45, 2.75) is 11.8 Å². The third-order valence-electron chi connectivity index (χ3n) is 2.60. The van der Waals surface area contributed by atoms with Crippen LogP contribution in [0.5, 0.6) is 0 Å². The fourth-order valence-electron chi connectivity index (χ4n) is 1.55. The standard InChI is InChI=1S/C15H13ClO3S.Te/c1-12-5-7-15(8-6-12)20(17,18)19-10-9-13-3-2-4-14(16)11-13;/h2-11H,1H3;. The number of rotatable bonds is 4. The van der Waals surface area contributed by atoms with Crippen LogP contribution < -0.4 is 0 Å². The first kappa shape index (κ1) is 18.1. The minimum atomic E-state index is -3.78. The minimum Gasteiger partial charge on any atom is -0.387 e. The van der Waals surface area contributed by atoms with E-state index in [1.165, 1.54) is 18.2 Å². The Morgan fingerprint density at radius 2 is 1.76 bits per heavy atom. The summed E-state index contributed by atoms with van der Waals surface area (Å²) in [5, 5.41) is 0.577. The molecule has 0 aliphatic rings. The van der Waals surface area contributed by atoms with Gasteiger partial charge in [-0.25, -0.2) is 0 Å². The first-order valence-electron chi connectivity index (χ1n) is 5.89. The number of hydrogen-bond donors (Lipinski definition) is 0. The SMILES string of the molecule is Cc1ccc(S(=O)(=O)OC=Cc2cccc(Cl)c2)cc1.[Te]. The zero-order valence-electron chi connectivity index (χ0n) is 11.2. The van der Waals surface area contributed by atoms with Crippen LogP contribution in [0.15, 0.2) is 59.7 Å². The Morgan fingerprint density at radius 3 is 2.38 bits per heavy atom. The van der Waals surface area contributed by atoms with E-state index in [1.807, 2.05) is 6.92 Å². The molecular formula is C15H13ClO3STe. The van der Waals surface area contributed by atoms with Crippen molar-refractivity contribution in [2.75, 3.05) is 0 Å². The average Bonchev–Trinajstić information content (AvgIpc) is 2.39. The summed E-state index contributed by atoms with van der Waals surface area (Å²) < 4.78 is 28.6. The van der Waals surface area contributed by atoms with Gasteiger partial charge in [0.25, 0.3) is 0 Å². The summed E-state index contributed by atoms with van der Waals surface area (Å²) in [6, 6.07) is 13.5. The molecule has 0 unspecified atom stereocenters. The molecule has 21 heavy (non-hydrogen) atoms. The van der Waals surface area contributed by atoms with E-state index in [9.17, 15) is 8.42 Å². The van der Waals surface area contributed by atoms with Gasteiger partial charge in [-0.3, -0.25) is 0 Å². The van der Waals surface area contributed by atoms with Gasteiger partial charge in [-0.1, -0.05) is 41.4 Å². The van der Waals surface area contributed by atoms with Gasteiger partial charge in [0.1, 0.15) is 11.2 Å². The maximum atomic E-state index is 11.9. The molecule has 2 rings (SSSR count). The van der Waals surface area contributed by atoms with Crippen LogP contribution in [0.3, 0.4) is 0 Å². The molecule has 0 heterocycles. The molecule has 0 saturated heterocycles. The van der Waals surface area contributed by atoms with Crippen molar-refractivity contribution in [2.24, 2.45) is 0 Å². The van der Waals surface area contributed by atoms with E-state index in [2.05, 4.69) is 0 Å². The molecule has 0 spiro atoms. The van der Waals surface area contributed by atoms with Gasteiger partial charge in [0.05, 0.1) is 0 Å². The Morgan fingerprint density at radius 1 is 1.10 bits per heavy atom. The number of benzene rings is 2. The van der Waals surface area contributed by atoms with Crippen molar-refractivity contribution in [1.82, 2.24) is 0 Å². The third kappa shape index (κ3) is 5.37. The van der Waals surface area contributed by atoms with Gasteiger partial charge < -0.3 is 4.18 Å². The molecule has 3 nitrogen and oxygen atoms in total. The number of aryl methyl sites for hydroxylation is 1. The van der Waals surface area contributed by atoms with Gasteiger partial charge in [-0.2, -0.15) is 8.42 Å². The first-order chi connectivity index (χ1) is 9.47. The summed E-state index contributed by atoms with van der Waals surface area (Å²) in [5.74, 6) is 0. The van der Waals surface area contributed by atoms with E-state index in [0.29, 0.717) is 5.02 Å². The van der Waals surface area contributed by atoms with Gasteiger partial charge in [0.2, 0.25) is 0 Å². The minimum absolute atomic E-state index is 0. The van der Waals surface area contributed by atoms with Gasteiger partial charge in [-0.15, -0.1) is 0 Å². The second kappa shape index (κ2) is 7.86. The molecule has 0 N–H and O–H groups in total. The second-order valence-corrected chi connectivity index (χ2v) is 6.23. The predicted molar refractivity (Wildman–Crippen MR) is 85.7 cm³/mol. The topological polar surface area (TPSA) is 43.4 Å². The summed E-state index contributed by atoms with van der Waals surface area (Å²) in [5.41, 5.74) is 1.75. The van der Waals surface area contributed by atoms with Crippen molar-refractivity contribution in [3.63, 3.8) is 0 Å². The van der Waals surface area contributed by atoms with Crippen molar-refractivity contribution >= 4 is 51.5 Å². The largest absolute Gasteiger partial charge is 0.387 e. The molecule has 0 bridgehead atoms. The molecule has 0 amide bonds. The molecule has 0 aliphatic carbocycles. The van der Waals surface area contributed by atoms with Crippen LogP contribution in [-0.2, 0) is 14.3 Å². The monoisotopic (exact) mass is 438 g/mol. The summed E-state index contributed by atoms with van der Waals surface area (Å²) in [6.45, 7) is 1.89. The van der Waals surface area contributed by atoms with E-state index in [1.54, 1.807) is 36.4 Å². The molecule has 2 radical (unpaired) electrons. The fourth-order valence-corrected chi connectivity index (χ4v) is 2.53. The third-order valence-corrected chi connectivity index (χ3v) is 4.05. The van der Waals surface area contributed by atoms with Crippen LogP contribution in [0.4, 0.5) is 0 Å². The molecular weight excluding hydrogens is 423 g/mol. The Hall–Kier alpha value is -0.990. The Balaban J connectivity index is 0.00000220. The second-order valence-electron chi connectivity index (χ2n) is 4.22. The van der Waals surface area contributed by atoms with Crippen LogP contribution in [0.1, 0.15) is 11.1 Å². The van der Waals surface area contributed by atoms with Crippen molar-refractivity contribution < 1.29 is 12.6 Å². The Bertz CT molecular complexity index is 725. The van der Waals surface area contributed by atoms with Crippen LogP contribution in [0.25, 0.3) is 6.08 Å². The van der Waals surface area contributed by atoms with E-state index < -0.39 is 10.1 Å². The van der Waals surface area contributed by atoms with Crippen LogP contribution in [0.2, 0.25) is 5.02 Å². The molecule has 2 aromatic carbocycles. The summed E-state index contributed by atoms with van der Waals surface area (Å²) in [4.78, 5) is 0.124. The summed E-state index contributed by atoms with van der Waals surface area (Å²) in [7, 11) is -3.78. The van der Waals surface area contributed by atoms with Crippen LogP contribution in [0, 0.1) is 6.92 Å². The summed E-state index contributed by atoms with van der Waals surface area (Å²) in [6.07, 6.45) is 2.68. The summed E-state index contributed by atoms with van der Waals surface area (Å²) >= 11 is 5.83. The maximum absolute atomic E-state index is 11.9. The molecule has 0 aliphatic heterocycles. The number of halogens is 1. The molecule has 2 aromatic rings. The number of hydrogen-bond acceptors (Lipinski definition) is 3. The van der Waals surface area contributed by atoms with Gasteiger partial charge >= 0.3 is 10.1 Å². The smallest absolute Gasteiger partial charge is 0.338 e. The fraction of sp³-hybridized carbons (Fsp3) is 0.0667. The molecule has 6 heteroatoms. The predicted octanol–water partition coefficient (Wildman–Crippen LogP) is 3.64. The van der Waals surface area contributed by atoms with E-state index in [0.717, 1.165) is 17.4 Å². The molecule has 0 saturated carbocycles. The van der Waals surface area contributed by atoms with Gasteiger partial charge in [-0.05, 0) is 42.8 Å². The maximum Gasteiger partial charge on any atom is 0.338 e. The van der Waals surface area contributed by atoms with E-state index in [-0.39, 0.29) is 28.6 Å². The van der Waals surface area contributed by atoms with Crippen molar-refractivity contribution in [1.29, 1.82) is 0 Å². The van der Waals surface area contributed by atoms with Gasteiger partial charge in [0.15, 0.2) is 0 Å². The van der Waals surface area contributed by atoms with Crippen LogP contribution >= 0.6 is 11.6 Å². The molecule has 0 aromatic heterocycles. The first-order valence-corrected chi connectivity index (χ1v) is 7.68. The Kier molecular flexibility index (Phi) is 6.76.